The van der Waals surface area contributed by atoms with Crippen molar-refractivity contribution in [3.63, 3.8) is 0 Å². The summed E-state index contributed by atoms with van der Waals surface area (Å²) in [6.45, 7) is 0.414. The van der Waals surface area contributed by atoms with Crippen LogP contribution in [0.5, 0.6) is 0 Å². The highest BCUT2D eigenvalue weighted by Gasteiger charge is 2.34. The Balaban J connectivity index is 1.50. The van der Waals surface area contributed by atoms with Crippen LogP contribution in [0.1, 0.15) is 22.5 Å². The number of amides is 1. The molecule has 1 saturated heterocycles. The van der Waals surface area contributed by atoms with Crippen LogP contribution in [0.15, 0.2) is 59.6 Å². The van der Waals surface area contributed by atoms with Crippen LogP contribution in [-0.4, -0.2) is 64.7 Å². The van der Waals surface area contributed by atoms with Crippen LogP contribution in [0.4, 0.5) is 17.6 Å². The molecule has 0 saturated carbocycles. The van der Waals surface area contributed by atoms with E-state index in [1.54, 1.807) is 0 Å². The van der Waals surface area contributed by atoms with E-state index in [1.165, 1.54) is 39.5 Å². The molecule has 3 aromatic rings. The van der Waals surface area contributed by atoms with Crippen LogP contribution in [0.2, 0.25) is 0 Å². The molecule has 0 unspecified atom stereocenters. The van der Waals surface area contributed by atoms with Crippen LogP contribution < -0.4 is 0 Å². The second-order valence-electron chi connectivity index (χ2n) is 7.57. The van der Waals surface area contributed by atoms with E-state index in [2.05, 4.69) is 10.3 Å². The van der Waals surface area contributed by atoms with E-state index >= 15 is 0 Å². The molecule has 0 N–H and O–H groups in total. The van der Waals surface area contributed by atoms with Gasteiger partial charge in [0.15, 0.2) is 5.69 Å². The van der Waals surface area contributed by atoms with Crippen molar-refractivity contribution in [1.29, 1.82) is 0 Å². The topological polar surface area (TPSA) is 88.4 Å². The maximum absolute atomic E-state index is 13.3. The van der Waals surface area contributed by atoms with E-state index in [1.807, 2.05) is 0 Å². The minimum Gasteiger partial charge on any atom is -0.336 e. The van der Waals surface area contributed by atoms with Crippen molar-refractivity contribution in [3.05, 3.63) is 71.8 Å². The lowest BCUT2D eigenvalue weighted by Crippen LogP contribution is -2.37. The largest absolute Gasteiger partial charge is 0.418 e. The molecule has 0 spiro atoms. The van der Waals surface area contributed by atoms with Gasteiger partial charge >= 0.3 is 6.18 Å². The second-order valence-corrected chi connectivity index (χ2v) is 9.50. The molecule has 1 amide bonds. The first-order valence-corrected chi connectivity index (χ1v) is 11.7. The van der Waals surface area contributed by atoms with Crippen LogP contribution in [0.3, 0.4) is 0 Å². The van der Waals surface area contributed by atoms with Crippen LogP contribution >= 0.6 is 0 Å². The Hall–Kier alpha value is -3.32. The van der Waals surface area contributed by atoms with Crippen molar-refractivity contribution in [2.75, 3.05) is 26.2 Å². The molecule has 1 aromatic heterocycles. The Morgan fingerprint density at radius 1 is 0.941 bits per heavy atom. The fraction of sp³-hybridized carbons (Fsp3) is 0.286. The molecule has 2 heterocycles. The Morgan fingerprint density at radius 3 is 2.35 bits per heavy atom. The molecule has 0 radical (unpaired) electrons. The van der Waals surface area contributed by atoms with Crippen LogP contribution in [0, 0.1) is 5.82 Å². The van der Waals surface area contributed by atoms with E-state index in [9.17, 15) is 30.8 Å². The van der Waals surface area contributed by atoms with E-state index in [4.69, 9.17) is 0 Å². The Kier molecular flexibility index (Phi) is 6.41. The number of hydrogen-bond acceptors (Lipinski definition) is 5. The lowest BCUT2D eigenvalue weighted by atomic mass is 10.1. The highest BCUT2D eigenvalue weighted by atomic mass is 32.2. The molecule has 180 valence electrons. The molecule has 1 aliphatic heterocycles. The maximum Gasteiger partial charge on any atom is 0.418 e. The summed E-state index contributed by atoms with van der Waals surface area (Å²) in [6.07, 6.45) is -3.17. The summed E-state index contributed by atoms with van der Waals surface area (Å²) in [5.74, 6) is -1.13. The molecule has 4 rings (SSSR count). The summed E-state index contributed by atoms with van der Waals surface area (Å²) in [6, 6.07) is 9.25. The van der Waals surface area contributed by atoms with Gasteiger partial charge in [0.2, 0.25) is 10.0 Å². The Bertz CT molecular complexity index is 1290. The number of halogens is 4. The molecule has 34 heavy (non-hydrogen) atoms. The third-order valence-corrected chi connectivity index (χ3v) is 7.28. The number of carbonyl (C=O) groups is 1. The van der Waals surface area contributed by atoms with Crippen molar-refractivity contribution >= 4 is 15.9 Å². The van der Waals surface area contributed by atoms with E-state index < -0.39 is 33.5 Å². The van der Waals surface area contributed by atoms with Crippen molar-refractivity contribution in [3.8, 4) is 5.69 Å². The third kappa shape index (κ3) is 4.80. The zero-order valence-electron chi connectivity index (χ0n) is 17.6. The molecular formula is C21H19F4N5O3S. The van der Waals surface area contributed by atoms with Gasteiger partial charge in [-0.15, -0.1) is 5.10 Å². The van der Waals surface area contributed by atoms with E-state index in [0.717, 1.165) is 29.1 Å². The SMILES string of the molecule is O=C(c1cn(-c2ccccc2C(F)(F)F)nn1)N1CCCN(S(=O)(=O)c2ccc(F)cc2)CC1. The molecule has 1 aliphatic rings. The number of benzene rings is 2. The van der Waals surface area contributed by atoms with Crippen molar-refractivity contribution in [2.45, 2.75) is 17.5 Å². The molecule has 0 bridgehead atoms. The Labute approximate surface area is 192 Å². The third-order valence-electron chi connectivity index (χ3n) is 5.36. The number of para-hydroxylation sites is 1. The quantitative estimate of drug-likeness (QED) is 0.518. The van der Waals surface area contributed by atoms with Gasteiger partial charge in [-0.05, 0) is 42.8 Å². The average molecular weight is 497 g/mol. The number of nitrogens with zero attached hydrogens (tertiary/aromatic N) is 5. The van der Waals surface area contributed by atoms with Crippen LogP contribution in [-0.2, 0) is 16.2 Å². The highest BCUT2D eigenvalue weighted by Crippen LogP contribution is 2.33. The Morgan fingerprint density at radius 2 is 1.65 bits per heavy atom. The number of sulfonamides is 1. The van der Waals surface area contributed by atoms with Gasteiger partial charge in [-0.2, -0.15) is 17.5 Å². The van der Waals surface area contributed by atoms with Gasteiger partial charge in [0.25, 0.3) is 5.91 Å². The number of alkyl halides is 3. The van der Waals surface area contributed by atoms with Gasteiger partial charge in [0.05, 0.1) is 22.3 Å². The smallest absolute Gasteiger partial charge is 0.336 e. The molecule has 1 fully saturated rings. The average Bonchev–Trinajstić information content (AvgIpc) is 3.15. The van der Waals surface area contributed by atoms with Crippen molar-refractivity contribution in [2.24, 2.45) is 0 Å². The number of rotatable bonds is 4. The second kappa shape index (κ2) is 9.14. The minimum absolute atomic E-state index is 0.00348. The van der Waals surface area contributed by atoms with Gasteiger partial charge < -0.3 is 4.90 Å². The summed E-state index contributed by atoms with van der Waals surface area (Å²) in [7, 11) is -3.88. The highest BCUT2D eigenvalue weighted by molar-refractivity contribution is 7.89. The number of aromatic nitrogens is 3. The molecular weight excluding hydrogens is 478 g/mol. The molecule has 8 nitrogen and oxygen atoms in total. The summed E-state index contributed by atoms with van der Waals surface area (Å²) in [5, 5.41) is 7.42. The summed E-state index contributed by atoms with van der Waals surface area (Å²) >= 11 is 0. The van der Waals surface area contributed by atoms with Gasteiger partial charge in [-0.3, -0.25) is 4.79 Å². The van der Waals surface area contributed by atoms with Crippen LogP contribution in [0.25, 0.3) is 5.69 Å². The molecule has 0 aliphatic carbocycles. The first-order valence-electron chi connectivity index (χ1n) is 10.2. The predicted octanol–water partition coefficient (Wildman–Crippen LogP) is 2.96. The summed E-state index contributed by atoms with van der Waals surface area (Å²) in [4.78, 5) is 14.2. The van der Waals surface area contributed by atoms with E-state index in [-0.39, 0.29) is 42.5 Å². The number of carbonyl (C=O) groups excluding carboxylic acids is 1. The molecule has 0 atom stereocenters. The predicted molar refractivity (Wildman–Crippen MR) is 112 cm³/mol. The molecule has 13 heteroatoms. The van der Waals surface area contributed by atoms with Gasteiger partial charge in [-0.25, -0.2) is 17.5 Å². The summed E-state index contributed by atoms with van der Waals surface area (Å²) in [5.41, 5.74) is -1.35. The zero-order valence-corrected chi connectivity index (χ0v) is 18.4. The minimum atomic E-state index is -4.61. The van der Waals surface area contributed by atoms with Gasteiger partial charge in [0, 0.05) is 26.2 Å². The van der Waals surface area contributed by atoms with Crippen molar-refractivity contribution < 1.29 is 30.8 Å². The fourth-order valence-electron chi connectivity index (χ4n) is 3.65. The molecule has 2 aromatic carbocycles. The maximum atomic E-state index is 13.3. The first-order chi connectivity index (χ1) is 16.1. The number of hydrogen-bond donors (Lipinski definition) is 0. The zero-order chi connectivity index (χ0) is 24.5. The van der Waals surface area contributed by atoms with Gasteiger partial charge in [-0.1, -0.05) is 17.3 Å². The first kappa shape index (κ1) is 23.8. The van der Waals surface area contributed by atoms with Gasteiger partial charge in [0.1, 0.15) is 5.82 Å². The summed E-state index contributed by atoms with van der Waals surface area (Å²) < 4.78 is 80.9. The lowest BCUT2D eigenvalue weighted by molar-refractivity contribution is -0.137. The normalized spacial score (nSPS) is 15.8. The fourth-order valence-corrected chi connectivity index (χ4v) is 5.12. The van der Waals surface area contributed by atoms with Crippen molar-refractivity contribution in [1.82, 2.24) is 24.2 Å². The monoisotopic (exact) mass is 497 g/mol. The van der Waals surface area contributed by atoms with E-state index in [0.29, 0.717) is 6.42 Å². The lowest BCUT2D eigenvalue weighted by Gasteiger charge is -2.21. The standard InChI is InChI=1S/C21H19F4N5O3S/c22-15-6-8-16(9-7-15)34(32,33)29-11-3-10-28(12-13-29)20(31)18-14-30(27-26-18)19-5-2-1-4-17(19)21(23,24)25/h1-2,4-9,14H,3,10-13H2.